The summed E-state index contributed by atoms with van der Waals surface area (Å²) in [6, 6.07) is 6.39. The topological polar surface area (TPSA) is 58.6 Å². The number of ether oxygens (including phenoxy) is 1. The second kappa shape index (κ2) is 7.81. The van der Waals surface area contributed by atoms with Crippen LogP contribution in [0.5, 0.6) is 5.75 Å². The standard InChI is InChI=1S/C24H35NO3S/c1-23(2,29)14-25-22(27)13-28-16-5-7-17-15(12-16)4-6-19-18(17)10-11-24(3)20(19)8-9-21(24)26/h5,7,12,18-21,26,29H,4,6,8-11,13-14H2,1-3H3,(H,25,27)/t18-,19-,20+,21+,24+/m1/s1. The molecule has 0 saturated heterocycles. The van der Waals surface area contributed by atoms with Crippen LogP contribution in [0, 0.1) is 17.3 Å². The molecule has 0 aromatic heterocycles. The number of thiol groups is 1. The van der Waals surface area contributed by atoms with E-state index in [4.69, 9.17) is 4.74 Å². The Morgan fingerprint density at radius 3 is 2.86 bits per heavy atom. The normalized spacial score (nSPS) is 33.4. The molecule has 0 heterocycles. The van der Waals surface area contributed by atoms with Crippen LogP contribution in [0.1, 0.15) is 69.9 Å². The number of carbonyl (C=O) groups is 1. The molecule has 3 aliphatic rings. The van der Waals surface area contributed by atoms with E-state index in [0.717, 1.165) is 25.0 Å². The molecular weight excluding hydrogens is 382 g/mol. The van der Waals surface area contributed by atoms with Crippen molar-refractivity contribution in [2.75, 3.05) is 13.2 Å². The van der Waals surface area contributed by atoms with E-state index in [1.54, 1.807) is 0 Å². The summed E-state index contributed by atoms with van der Waals surface area (Å²) in [6.07, 6.45) is 6.58. The Kier molecular flexibility index (Phi) is 5.67. The fourth-order valence-corrected chi connectivity index (χ4v) is 6.21. The Balaban J connectivity index is 1.41. The molecule has 2 fully saturated rings. The van der Waals surface area contributed by atoms with Gasteiger partial charge >= 0.3 is 0 Å². The first-order valence-electron chi connectivity index (χ1n) is 11.1. The van der Waals surface area contributed by atoms with Crippen LogP contribution in [0.25, 0.3) is 0 Å². The summed E-state index contributed by atoms with van der Waals surface area (Å²) in [6.45, 7) is 6.80. The highest BCUT2D eigenvalue weighted by Crippen LogP contribution is 2.60. The molecule has 1 aromatic carbocycles. The van der Waals surface area contributed by atoms with Gasteiger partial charge in [-0.3, -0.25) is 4.79 Å². The van der Waals surface area contributed by atoms with Gasteiger partial charge in [-0.2, -0.15) is 12.6 Å². The number of hydrogen-bond donors (Lipinski definition) is 3. The lowest BCUT2D eigenvalue weighted by molar-refractivity contribution is -0.123. The van der Waals surface area contributed by atoms with Crippen molar-refractivity contribution in [1.82, 2.24) is 5.32 Å². The van der Waals surface area contributed by atoms with Crippen LogP contribution in [0.15, 0.2) is 18.2 Å². The second-order valence-electron chi connectivity index (χ2n) is 10.3. The first-order valence-corrected chi connectivity index (χ1v) is 11.5. The van der Waals surface area contributed by atoms with E-state index in [-0.39, 0.29) is 28.8 Å². The molecule has 4 nitrogen and oxygen atoms in total. The fourth-order valence-electron chi connectivity index (χ4n) is 6.14. The van der Waals surface area contributed by atoms with E-state index in [1.807, 2.05) is 19.9 Å². The number of nitrogens with one attached hydrogen (secondary N) is 1. The van der Waals surface area contributed by atoms with E-state index >= 15 is 0 Å². The molecule has 2 saturated carbocycles. The van der Waals surface area contributed by atoms with Gasteiger partial charge in [0.1, 0.15) is 5.75 Å². The van der Waals surface area contributed by atoms with Crippen LogP contribution >= 0.6 is 12.6 Å². The van der Waals surface area contributed by atoms with Gasteiger partial charge in [0.15, 0.2) is 6.61 Å². The van der Waals surface area contributed by atoms with Crippen molar-refractivity contribution in [2.24, 2.45) is 17.3 Å². The molecule has 0 aliphatic heterocycles. The third kappa shape index (κ3) is 4.18. The first kappa shape index (κ1) is 21.0. The largest absolute Gasteiger partial charge is 0.484 e. The molecule has 0 unspecified atom stereocenters. The van der Waals surface area contributed by atoms with Gasteiger partial charge in [-0.05, 0) is 98.8 Å². The maximum atomic E-state index is 12.0. The second-order valence-corrected chi connectivity index (χ2v) is 11.5. The quantitative estimate of drug-likeness (QED) is 0.632. The number of benzene rings is 1. The van der Waals surface area contributed by atoms with Crippen molar-refractivity contribution in [3.05, 3.63) is 29.3 Å². The van der Waals surface area contributed by atoms with Gasteiger partial charge in [0, 0.05) is 11.3 Å². The van der Waals surface area contributed by atoms with Gasteiger partial charge < -0.3 is 15.2 Å². The van der Waals surface area contributed by atoms with Crippen molar-refractivity contribution in [1.29, 1.82) is 0 Å². The van der Waals surface area contributed by atoms with Crippen molar-refractivity contribution in [3.63, 3.8) is 0 Å². The Morgan fingerprint density at radius 2 is 2.10 bits per heavy atom. The summed E-state index contributed by atoms with van der Waals surface area (Å²) in [5, 5.41) is 13.4. The number of hydrogen-bond acceptors (Lipinski definition) is 4. The summed E-state index contributed by atoms with van der Waals surface area (Å²) in [7, 11) is 0. The molecule has 0 spiro atoms. The van der Waals surface area contributed by atoms with Crippen molar-refractivity contribution < 1.29 is 14.6 Å². The van der Waals surface area contributed by atoms with Gasteiger partial charge in [-0.25, -0.2) is 0 Å². The van der Waals surface area contributed by atoms with E-state index in [1.165, 1.54) is 30.4 Å². The summed E-state index contributed by atoms with van der Waals surface area (Å²) >= 11 is 4.42. The van der Waals surface area contributed by atoms with Crippen molar-refractivity contribution in [3.8, 4) is 5.75 Å². The minimum absolute atomic E-state index is 0.0347. The number of fused-ring (bicyclic) bond motifs is 5. The van der Waals surface area contributed by atoms with Crippen molar-refractivity contribution in [2.45, 2.75) is 76.1 Å². The lowest BCUT2D eigenvalue weighted by atomic mass is 9.55. The van der Waals surface area contributed by atoms with E-state index in [9.17, 15) is 9.90 Å². The van der Waals surface area contributed by atoms with Crippen LogP contribution in [0.2, 0.25) is 0 Å². The molecule has 0 bridgehead atoms. The molecule has 5 atom stereocenters. The molecule has 4 rings (SSSR count). The number of rotatable bonds is 5. The molecule has 29 heavy (non-hydrogen) atoms. The summed E-state index contributed by atoms with van der Waals surface area (Å²) in [5.41, 5.74) is 2.97. The average Bonchev–Trinajstić information content (AvgIpc) is 2.98. The Morgan fingerprint density at radius 1 is 1.31 bits per heavy atom. The molecule has 2 N–H and O–H groups in total. The fraction of sp³-hybridized carbons (Fsp3) is 0.708. The zero-order chi connectivity index (χ0) is 20.8. The summed E-state index contributed by atoms with van der Waals surface area (Å²) < 4.78 is 5.53. The molecule has 160 valence electrons. The van der Waals surface area contributed by atoms with Crippen LogP contribution in [0.4, 0.5) is 0 Å². The van der Waals surface area contributed by atoms with E-state index in [2.05, 4.69) is 37.0 Å². The molecule has 1 aromatic rings. The molecule has 0 radical (unpaired) electrons. The van der Waals surface area contributed by atoms with Gasteiger partial charge in [0.05, 0.1) is 6.10 Å². The first-order chi connectivity index (χ1) is 13.7. The lowest BCUT2D eigenvalue weighted by Crippen LogP contribution is -2.43. The Hall–Kier alpha value is -1.20. The third-order valence-corrected chi connectivity index (χ3v) is 7.89. The number of carbonyl (C=O) groups excluding carboxylic acids is 1. The van der Waals surface area contributed by atoms with Crippen LogP contribution in [-0.4, -0.2) is 35.0 Å². The Bertz CT molecular complexity index is 774. The number of amides is 1. The minimum atomic E-state index is -0.233. The monoisotopic (exact) mass is 417 g/mol. The maximum Gasteiger partial charge on any atom is 0.257 e. The number of aliphatic hydroxyl groups excluding tert-OH is 1. The molecular formula is C24H35NO3S. The lowest BCUT2D eigenvalue weighted by Gasteiger charge is -2.50. The van der Waals surface area contributed by atoms with Gasteiger partial charge in [0.2, 0.25) is 0 Å². The highest BCUT2D eigenvalue weighted by atomic mass is 32.1. The van der Waals surface area contributed by atoms with Gasteiger partial charge in [-0.1, -0.05) is 13.0 Å². The van der Waals surface area contributed by atoms with Gasteiger partial charge in [0.25, 0.3) is 5.91 Å². The van der Waals surface area contributed by atoms with Gasteiger partial charge in [-0.15, -0.1) is 0 Å². The molecule has 1 amide bonds. The van der Waals surface area contributed by atoms with Crippen LogP contribution < -0.4 is 10.1 Å². The number of aliphatic hydroxyl groups is 1. The summed E-state index contributed by atoms with van der Waals surface area (Å²) in [4.78, 5) is 12.0. The minimum Gasteiger partial charge on any atom is -0.484 e. The maximum absolute atomic E-state index is 12.0. The predicted octanol–water partition coefficient (Wildman–Crippen LogP) is 4.11. The van der Waals surface area contributed by atoms with Crippen molar-refractivity contribution >= 4 is 18.5 Å². The zero-order valence-electron chi connectivity index (χ0n) is 17.9. The van der Waals surface area contributed by atoms with Crippen LogP contribution in [0.3, 0.4) is 0 Å². The van der Waals surface area contributed by atoms with E-state index < -0.39 is 0 Å². The highest BCUT2D eigenvalue weighted by Gasteiger charge is 2.54. The molecule has 5 heteroatoms. The predicted molar refractivity (Wildman–Crippen MR) is 119 cm³/mol. The molecule has 3 aliphatic carbocycles. The summed E-state index contributed by atoms with van der Waals surface area (Å²) in [5.74, 6) is 2.62. The van der Waals surface area contributed by atoms with Crippen LogP contribution in [-0.2, 0) is 11.2 Å². The smallest absolute Gasteiger partial charge is 0.257 e. The average molecular weight is 418 g/mol. The number of aryl methyl sites for hydroxylation is 1. The Labute approximate surface area is 180 Å². The van der Waals surface area contributed by atoms with E-state index in [0.29, 0.717) is 24.3 Å². The third-order valence-electron chi connectivity index (χ3n) is 7.74. The highest BCUT2D eigenvalue weighted by molar-refractivity contribution is 7.81. The SMILES string of the molecule is CC(C)(S)CNC(=O)COc1ccc2c(c1)CC[C@@H]1[C@@H]2CC[C@]2(C)[C@@H](O)CC[C@@H]12. The zero-order valence-corrected chi connectivity index (χ0v) is 18.8.